The van der Waals surface area contributed by atoms with Crippen LogP contribution in [0.1, 0.15) is 256 Å². The molecule has 8 aliphatic rings. The van der Waals surface area contributed by atoms with E-state index in [9.17, 15) is 0 Å². The van der Waals surface area contributed by atoms with E-state index >= 15 is 0 Å². The van der Waals surface area contributed by atoms with Crippen LogP contribution >= 0.6 is 0 Å². The molecule has 3 aliphatic carbocycles. The summed E-state index contributed by atoms with van der Waals surface area (Å²) >= 11 is 0. The smallest absolute Gasteiger partial charge is 0.0624 e. The third-order valence-electron chi connectivity index (χ3n) is 17.4. The van der Waals surface area contributed by atoms with Crippen LogP contribution in [0.25, 0.3) is 0 Å². The lowest BCUT2D eigenvalue weighted by Gasteiger charge is -2.38. The van der Waals surface area contributed by atoms with Crippen LogP contribution in [0.15, 0.2) is 0 Å². The molecule has 8 fully saturated rings. The van der Waals surface area contributed by atoms with Gasteiger partial charge in [0.2, 0.25) is 0 Å². The van der Waals surface area contributed by atoms with Crippen LogP contribution in [-0.4, -0.2) is 65.3 Å². The molecule has 408 valence electrons. The molecule has 0 aromatic heterocycles. The first kappa shape index (κ1) is 65.8. The van der Waals surface area contributed by atoms with Gasteiger partial charge in [-0.2, -0.15) is 0 Å². The van der Waals surface area contributed by atoms with Crippen LogP contribution in [0.4, 0.5) is 0 Å². The summed E-state index contributed by atoms with van der Waals surface area (Å²) < 4.78 is 15.9. The Hall–Kier alpha value is -0.200. The van der Waals surface area contributed by atoms with Gasteiger partial charge in [-0.05, 0) is 169 Å². The zero-order valence-electron chi connectivity index (χ0n) is 51.1. The fraction of sp³-hybridized carbons (Fsp3) is 1.00. The molecule has 2 N–H and O–H groups in total. The van der Waals surface area contributed by atoms with Crippen LogP contribution in [0.5, 0.6) is 0 Å². The van der Waals surface area contributed by atoms with E-state index in [-0.39, 0.29) is 0 Å². The summed E-state index contributed by atoms with van der Waals surface area (Å²) in [5.74, 6) is 6.49. The zero-order valence-corrected chi connectivity index (χ0v) is 51.1. The molecule has 0 bridgehead atoms. The average molecular weight is 962 g/mol. The minimum absolute atomic E-state index is 0.358. The lowest BCUT2D eigenvalue weighted by atomic mass is 9.69. The Bertz CT molecular complexity index is 1040. The Kier molecular flexibility index (Phi) is 28.1. The summed E-state index contributed by atoms with van der Waals surface area (Å²) in [7, 11) is 0. The molecule has 5 heteroatoms. The van der Waals surface area contributed by atoms with Crippen LogP contribution in [-0.2, 0) is 14.2 Å². The molecule has 5 heterocycles. The Morgan fingerprint density at radius 2 is 0.647 bits per heavy atom. The van der Waals surface area contributed by atoms with Gasteiger partial charge in [-0.15, -0.1) is 0 Å². The monoisotopic (exact) mass is 961 g/mol. The summed E-state index contributed by atoms with van der Waals surface area (Å²) in [5.41, 5.74) is 4.10. The molecule has 0 aromatic rings. The average Bonchev–Trinajstić information content (AvgIpc) is 3.89. The second kappa shape index (κ2) is 29.0. The molecule has 0 amide bonds. The fourth-order valence-corrected chi connectivity index (χ4v) is 9.85. The molecule has 8 rings (SSSR count). The lowest BCUT2D eigenvalue weighted by molar-refractivity contribution is -0.0821. The minimum atomic E-state index is 0.358. The highest BCUT2D eigenvalue weighted by Crippen LogP contribution is 2.42. The van der Waals surface area contributed by atoms with Gasteiger partial charge in [-0.25, -0.2) is 0 Å². The van der Waals surface area contributed by atoms with Gasteiger partial charge in [0, 0.05) is 25.7 Å². The number of hydrogen-bond donors (Lipinski definition) is 2. The number of rotatable bonds is 0. The van der Waals surface area contributed by atoms with Crippen molar-refractivity contribution in [2.75, 3.05) is 59.2 Å². The minimum Gasteiger partial charge on any atom is -0.381 e. The lowest BCUT2D eigenvalue weighted by Crippen LogP contribution is -2.48. The Morgan fingerprint density at radius 1 is 0.279 bits per heavy atom. The van der Waals surface area contributed by atoms with Gasteiger partial charge in [0.1, 0.15) is 0 Å². The predicted molar refractivity (Wildman–Crippen MR) is 302 cm³/mol. The van der Waals surface area contributed by atoms with Crippen molar-refractivity contribution in [1.29, 1.82) is 0 Å². The first-order valence-corrected chi connectivity index (χ1v) is 29.0. The molecular formula is C63H128N2O3. The second-order valence-corrected chi connectivity index (χ2v) is 31.5. The highest BCUT2D eigenvalue weighted by molar-refractivity contribution is 4.85. The summed E-state index contributed by atoms with van der Waals surface area (Å²) in [6.07, 6.45) is 20.4. The SMILES string of the molecule is CC(C)(C)C1CCC1.CC(C)(C)C1CCC1.CC(C)(C)C1CCCC1.CC(C)(C)C1CCCO1.CC(C)(C)C1CCNC1.CC(C)(C)C1CCOC1.CC(C)(C)C1CNC1.CC(C)(C)C1COC1. The van der Waals surface area contributed by atoms with Gasteiger partial charge >= 0.3 is 0 Å². The topological polar surface area (TPSA) is 51.8 Å². The Balaban J connectivity index is 0.000000389. The summed E-state index contributed by atoms with van der Waals surface area (Å²) in [6, 6.07) is 0. The standard InChI is InChI=1S/C9H18.C8H17N.2C8H16O.2C8H16.C7H15N.C7H14O/c1-9(2,3)8-6-4-5-7-8;2*1-8(2,3)7-4-5-9-6-7;1-8(2,3)7-5-4-6-9-7;2*1-8(2,3)7-5-4-6-7;2*1-7(2,3)6-4-8-5-6/h8H,4-7H2,1-3H3;7,9H,4-6H2,1-3H3;2*7H,4-6H2,1-3H3;2*7H,4-6H2,1-3H3;6,8H,4-5H2,1-3H3;6H,4-5H2,1-3H3. The maximum Gasteiger partial charge on any atom is 0.0624 e. The van der Waals surface area contributed by atoms with E-state index in [4.69, 9.17) is 14.2 Å². The summed E-state index contributed by atoms with van der Waals surface area (Å²) in [4.78, 5) is 0. The van der Waals surface area contributed by atoms with Gasteiger partial charge in [-0.3, -0.25) is 0 Å². The van der Waals surface area contributed by atoms with Crippen molar-refractivity contribution in [2.45, 2.75) is 262 Å². The van der Waals surface area contributed by atoms with Crippen molar-refractivity contribution in [1.82, 2.24) is 10.6 Å². The van der Waals surface area contributed by atoms with Crippen LogP contribution < -0.4 is 10.6 Å². The molecule has 5 saturated heterocycles. The highest BCUT2D eigenvalue weighted by Gasteiger charge is 2.33. The molecule has 3 atom stereocenters. The van der Waals surface area contributed by atoms with Crippen molar-refractivity contribution < 1.29 is 14.2 Å². The normalized spacial score (nSPS) is 25.3. The van der Waals surface area contributed by atoms with Crippen molar-refractivity contribution >= 4 is 0 Å². The van der Waals surface area contributed by atoms with E-state index in [0.29, 0.717) is 49.4 Å². The first-order valence-electron chi connectivity index (χ1n) is 29.0. The van der Waals surface area contributed by atoms with Crippen LogP contribution in [0.2, 0.25) is 0 Å². The van der Waals surface area contributed by atoms with E-state index in [1.54, 1.807) is 0 Å². The van der Waals surface area contributed by atoms with Crippen molar-refractivity contribution in [3.8, 4) is 0 Å². The van der Waals surface area contributed by atoms with Crippen LogP contribution in [0.3, 0.4) is 0 Å². The van der Waals surface area contributed by atoms with E-state index in [0.717, 1.165) is 74.5 Å². The summed E-state index contributed by atoms with van der Waals surface area (Å²) in [6.45, 7) is 65.2. The van der Waals surface area contributed by atoms with Gasteiger partial charge < -0.3 is 24.8 Å². The summed E-state index contributed by atoms with van der Waals surface area (Å²) in [5, 5.41) is 6.65. The third-order valence-corrected chi connectivity index (χ3v) is 17.4. The van der Waals surface area contributed by atoms with Crippen molar-refractivity contribution in [2.24, 2.45) is 84.7 Å². The van der Waals surface area contributed by atoms with E-state index in [1.807, 2.05) is 0 Å². The van der Waals surface area contributed by atoms with Crippen molar-refractivity contribution in [3.63, 3.8) is 0 Å². The highest BCUT2D eigenvalue weighted by atomic mass is 16.5. The maximum atomic E-state index is 5.52. The van der Waals surface area contributed by atoms with Gasteiger partial charge in [0.05, 0.1) is 19.3 Å². The largest absolute Gasteiger partial charge is 0.381 e. The zero-order chi connectivity index (χ0) is 52.4. The number of ether oxygens (including phenoxy) is 3. The van der Waals surface area contributed by atoms with Crippen LogP contribution in [0, 0.1) is 84.7 Å². The van der Waals surface area contributed by atoms with Gasteiger partial charge in [0.25, 0.3) is 0 Å². The number of hydrogen-bond acceptors (Lipinski definition) is 5. The van der Waals surface area contributed by atoms with Gasteiger partial charge in [-0.1, -0.05) is 192 Å². The molecule has 0 aromatic carbocycles. The van der Waals surface area contributed by atoms with E-state index in [1.165, 1.54) is 116 Å². The molecule has 5 nitrogen and oxygen atoms in total. The second-order valence-electron chi connectivity index (χ2n) is 31.5. The number of nitrogens with one attached hydrogen (secondary N) is 2. The molecule has 3 unspecified atom stereocenters. The molecule has 5 aliphatic heterocycles. The molecule has 0 spiro atoms. The molecule has 0 radical (unpaired) electrons. The fourth-order valence-electron chi connectivity index (χ4n) is 9.85. The third kappa shape index (κ3) is 27.7. The Labute approximate surface area is 429 Å². The Morgan fingerprint density at radius 3 is 0.765 bits per heavy atom. The quantitative estimate of drug-likeness (QED) is 0.253. The molecule has 68 heavy (non-hydrogen) atoms. The molecule has 3 saturated carbocycles. The maximum absolute atomic E-state index is 5.52. The van der Waals surface area contributed by atoms with E-state index in [2.05, 4.69) is 177 Å². The predicted octanol–water partition coefficient (Wildman–Crippen LogP) is 17.7. The molecular weight excluding hydrogens is 833 g/mol. The van der Waals surface area contributed by atoms with E-state index < -0.39 is 0 Å². The van der Waals surface area contributed by atoms with Crippen molar-refractivity contribution in [3.05, 3.63) is 0 Å². The first-order chi connectivity index (χ1) is 30.8. The van der Waals surface area contributed by atoms with Gasteiger partial charge in [0.15, 0.2) is 0 Å².